The van der Waals surface area contributed by atoms with Gasteiger partial charge in [-0.25, -0.2) is 8.78 Å². The Balaban J connectivity index is 0.00000256. The first kappa shape index (κ1) is 16.4. The summed E-state index contributed by atoms with van der Waals surface area (Å²) in [4.78, 5) is 11.1. The summed E-state index contributed by atoms with van der Waals surface area (Å²) in [5.74, 6) is -4.04. The van der Waals surface area contributed by atoms with Crippen molar-refractivity contribution < 1.29 is 26.7 Å². The number of rotatable bonds is 2. The standard InChI is InChI=1S/C8H11F5N2O.ClH/c9-7(10)1-2-14-5(3-7)6(16)15-4-8(11,12)13;/h5,14H,1-4H2,(H,15,16);1H. The van der Waals surface area contributed by atoms with Crippen LogP contribution < -0.4 is 10.6 Å². The van der Waals surface area contributed by atoms with Crippen molar-refractivity contribution in [2.24, 2.45) is 0 Å². The van der Waals surface area contributed by atoms with Crippen LogP contribution in [0.25, 0.3) is 0 Å². The van der Waals surface area contributed by atoms with Crippen molar-refractivity contribution in [2.45, 2.75) is 31.0 Å². The molecule has 1 heterocycles. The molecule has 0 aromatic heterocycles. The Morgan fingerprint density at radius 3 is 2.47 bits per heavy atom. The lowest BCUT2D eigenvalue weighted by Crippen LogP contribution is -2.53. The van der Waals surface area contributed by atoms with E-state index in [9.17, 15) is 26.7 Å². The van der Waals surface area contributed by atoms with Gasteiger partial charge in [0.15, 0.2) is 0 Å². The van der Waals surface area contributed by atoms with Crippen LogP contribution >= 0.6 is 12.4 Å². The van der Waals surface area contributed by atoms with Crippen LogP contribution in [0.2, 0.25) is 0 Å². The topological polar surface area (TPSA) is 41.1 Å². The molecular weight excluding hydrogens is 271 g/mol. The van der Waals surface area contributed by atoms with Gasteiger partial charge in [-0.2, -0.15) is 13.2 Å². The number of amides is 1. The van der Waals surface area contributed by atoms with E-state index in [4.69, 9.17) is 0 Å². The highest BCUT2D eigenvalue weighted by molar-refractivity contribution is 5.85. The van der Waals surface area contributed by atoms with Crippen LogP contribution in [0.5, 0.6) is 0 Å². The molecule has 1 rings (SSSR count). The lowest BCUT2D eigenvalue weighted by atomic mass is 10.0. The first-order valence-electron chi connectivity index (χ1n) is 4.65. The van der Waals surface area contributed by atoms with E-state index in [1.165, 1.54) is 0 Å². The van der Waals surface area contributed by atoms with Crippen molar-refractivity contribution in [3.8, 4) is 0 Å². The van der Waals surface area contributed by atoms with E-state index in [0.29, 0.717) is 0 Å². The number of nitrogens with one attached hydrogen (secondary N) is 2. The van der Waals surface area contributed by atoms with Crippen LogP contribution in [0.4, 0.5) is 22.0 Å². The zero-order chi connectivity index (χ0) is 12.4. The molecule has 0 bridgehead atoms. The third-order valence-electron chi connectivity index (χ3n) is 2.16. The number of piperidine rings is 1. The van der Waals surface area contributed by atoms with Crippen LogP contribution in [0.15, 0.2) is 0 Å². The quantitative estimate of drug-likeness (QED) is 0.753. The lowest BCUT2D eigenvalue weighted by molar-refractivity contribution is -0.142. The van der Waals surface area contributed by atoms with Gasteiger partial charge in [-0.1, -0.05) is 0 Å². The fourth-order valence-corrected chi connectivity index (χ4v) is 1.40. The summed E-state index contributed by atoms with van der Waals surface area (Å²) in [6, 6.07) is -1.26. The summed E-state index contributed by atoms with van der Waals surface area (Å²) in [7, 11) is 0. The predicted octanol–water partition coefficient (Wildman–Crippen LogP) is 1.47. The van der Waals surface area contributed by atoms with E-state index in [-0.39, 0.29) is 19.0 Å². The van der Waals surface area contributed by atoms with Gasteiger partial charge in [0.2, 0.25) is 5.91 Å². The predicted molar refractivity (Wildman–Crippen MR) is 52.3 cm³/mol. The summed E-state index contributed by atoms with van der Waals surface area (Å²) < 4.78 is 60.9. The Bertz CT molecular complexity index is 271. The van der Waals surface area contributed by atoms with E-state index in [2.05, 4.69) is 5.32 Å². The van der Waals surface area contributed by atoms with Crippen LogP contribution in [0.3, 0.4) is 0 Å². The van der Waals surface area contributed by atoms with E-state index < -0.39 is 43.4 Å². The maximum atomic E-state index is 12.8. The Kier molecular flexibility index (Phi) is 5.60. The van der Waals surface area contributed by atoms with Crippen LogP contribution in [0, 0.1) is 0 Å². The maximum Gasteiger partial charge on any atom is 0.405 e. The van der Waals surface area contributed by atoms with Gasteiger partial charge >= 0.3 is 6.18 Å². The third kappa shape index (κ3) is 6.02. The maximum absolute atomic E-state index is 12.8. The van der Waals surface area contributed by atoms with Crippen molar-refractivity contribution in [1.82, 2.24) is 10.6 Å². The molecule has 1 fully saturated rings. The van der Waals surface area contributed by atoms with Gasteiger partial charge in [0, 0.05) is 19.4 Å². The largest absolute Gasteiger partial charge is 0.405 e. The second kappa shape index (κ2) is 5.81. The summed E-state index contributed by atoms with van der Waals surface area (Å²) in [5, 5.41) is 4.02. The normalized spacial score (nSPS) is 23.7. The van der Waals surface area contributed by atoms with Gasteiger partial charge in [-0.3, -0.25) is 4.79 Å². The highest BCUT2D eigenvalue weighted by atomic mass is 35.5. The Labute approximate surface area is 101 Å². The lowest BCUT2D eigenvalue weighted by Gasteiger charge is -2.29. The molecule has 1 unspecified atom stereocenters. The van der Waals surface area contributed by atoms with Gasteiger partial charge in [0.25, 0.3) is 5.92 Å². The second-order valence-electron chi connectivity index (χ2n) is 3.65. The van der Waals surface area contributed by atoms with Crippen molar-refractivity contribution in [3.63, 3.8) is 0 Å². The molecule has 0 saturated carbocycles. The average Bonchev–Trinajstić information content (AvgIpc) is 2.11. The monoisotopic (exact) mass is 282 g/mol. The summed E-state index contributed by atoms with van der Waals surface area (Å²) in [5.41, 5.74) is 0. The molecule has 9 heteroatoms. The van der Waals surface area contributed by atoms with Gasteiger partial charge in [0.1, 0.15) is 6.54 Å². The minimum atomic E-state index is -4.53. The first-order valence-corrected chi connectivity index (χ1v) is 4.65. The summed E-state index contributed by atoms with van der Waals surface area (Å²) in [6.07, 6.45) is -5.71. The second-order valence-corrected chi connectivity index (χ2v) is 3.65. The van der Waals surface area contributed by atoms with Crippen molar-refractivity contribution in [3.05, 3.63) is 0 Å². The third-order valence-corrected chi connectivity index (χ3v) is 2.16. The van der Waals surface area contributed by atoms with E-state index in [1.807, 2.05) is 0 Å². The van der Waals surface area contributed by atoms with Gasteiger partial charge in [-0.05, 0) is 0 Å². The highest BCUT2D eigenvalue weighted by Gasteiger charge is 2.39. The zero-order valence-corrected chi connectivity index (χ0v) is 9.43. The summed E-state index contributed by atoms with van der Waals surface area (Å²) in [6.45, 7) is -1.59. The number of alkyl halides is 5. The summed E-state index contributed by atoms with van der Waals surface area (Å²) >= 11 is 0. The zero-order valence-electron chi connectivity index (χ0n) is 8.61. The molecule has 17 heavy (non-hydrogen) atoms. The molecule has 1 amide bonds. The minimum Gasteiger partial charge on any atom is -0.346 e. The fraction of sp³-hybridized carbons (Fsp3) is 0.875. The van der Waals surface area contributed by atoms with Crippen LogP contribution in [0.1, 0.15) is 12.8 Å². The van der Waals surface area contributed by atoms with E-state index >= 15 is 0 Å². The molecule has 1 aliphatic rings. The SMILES string of the molecule is Cl.O=C(NCC(F)(F)F)C1CC(F)(F)CCN1. The minimum absolute atomic E-state index is 0. The first-order chi connectivity index (χ1) is 7.20. The van der Waals surface area contributed by atoms with Gasteiger partial charge in [0.05, 0.1) is 6.04 Å². The molecule has 1 atom stereocenters. The molecule has 1 saturated heterocycles. The van der Waals surface area contributed by atoms with Crippen molar-refractivity contribution in [2.75, 3.05) is 13.1 Å². The van der Waals surface area contributed by atoms with Crippen molar-refractivity contribution in [1.29, 1.82) is 0 Å². The molecule has 1 aliphatic heterocycles. The van der Waals surface area contributed by atoms with E-state index in [0.717, 1.165) is 0 Å². The van der Waals surface area contributed by atoms with Gasteiger partial charge in [-0.15, -0.1) is 12.4 Å². The molecule has 0 spiro atoms. The Hall–Kier alpha value is -0.630. The number of halogens is 6. The molecule has 3 nitrogen and oxygen atoms in total. The molecule has 0 radical (unpaired) electrons. The molecule has 0 aromatic rings. The molecule has 0 aliphatic carbocycles. The number of carbonyl (C=O) groups excluding carboxylic acids is 1. The Morgan fingerprint density at radius 1 is 1.41 bits per heavy atom. The fourth-order valence-electron chi connectivity index (χ4n) is 1.40. The number of hydrogen-bond acceptors (Lipinski definition) is 2. The van der Waals surface area contributed by atoms with Crippen LogP contribution in [-0.2, 0) is 4.79 Å². The molecular formula is C8H12ClF5N2O. The highest BCUT2D eigenvalue weighted by Crippen LogP contribution is 2.27. The number of hydrogen-bond donors (Lipinski definition) is 2. The van der Waals surface area contributed by atoms with Crippen LogP contribution in [-0.4, -0.2) is 37.1 Å². The van der Waals surface area contributed by atoms with E-state index in [1.54, 1.807) is 5.32 Å². The molecule has 0 aromatic carbocycles. The smallest absolute Gasteiger partial charge is 0.346 e. The molecule has 2 N–H and O–H groups in total. The van der Waals surface area contributed by atoms with Crippen molar-refractivity contribution >= 4 is 18.3 Å². The Morgan fingerprint density at radius 2 is 2.00 bits per heavy atom. The number of carbonyl (C=O) groups is 1. The van der Waals surface area contributed by atoms with Gasteiger partial charge < -0.3 is 10.6 Å². The average molecular weight is 283 g/mol. The molecule has 102 valence electrons.